The van der Waals surface area contributed by atoms with E-state index in [-0.39, 0.29) is 198 Å². The van der Waals surface area contributed by atoms with Gasteiger partial charge < -0.3 is 101 Å². The molecule has 8 aliphatic rings. The highest BCUT2D eigenvalue weighted by Crippen LogP contribution is 2.50. The lowest BCUT2D eigenvalue weighted by atomic mass is 10.1. The molecule has 20 rings (SSSR count). The molecule has 144 heavy (non-hydrogen) atoms. The van der Waals surface area contributed by atoms with Gasteiger partial charge in [0.1, 0.15) is 72.1 Å². The minimum atomic E-state index is -3.45. The van der Waals surface area contributed by atoms with Crippen LogP contribution in [0.3, 0.4) is 0 Å². The van der Waals surface area contributed by atoms with Crippen LogP contribution >= 0.6 is 47.0 Å². The van der Waals surface area contributed by atoms with E-state index in [1.54, 1.807) is 27.7 Å². The maximum atomic E-state index is 14.8. The highest BCUT2D eigenvalue weighted by molar-refractivity contribution is 7.99. The summed E-state index contributed by atoms with van der Waals surface area (Å²) in [5.74, 6) is -9.35. The molecule has 48 heteroatoms. The molecule has 8 heterocycles. The second-order valence-corrected chi connectivity index (χ2v) is 37.2. The Balaban J connectivity index is 0.000000158. The van der Waals surface area contributed by atoms with E-state index in [1.165, 1.54) is 37.1 Å². The molecule has 8 saturated carbocycles. The van der Waals surface area contributed by atoms with Gasteiger partial charge in [0.15, 0.2) is 88.6 Å². The standard InChI is InChI=1S/4C24H31FN6O4S/c4*1-3-8-36-24-27-22(26-16-10-14(16)13-5-4-12(2)15(25)9-13)19-23(28-24)31(30-29-19)17-11-18(35-7-6-32)21(34)20(17)33/h4*4-5,9,14,16-18,20-21,32-34H,3,6-8,10-11H2,1-2H3,(H,26,27,28)/t4*14-,16+,17+,18-,20-,21+/m0000/s1/i4D,5D,6D2,7D2,8D2,9D,10D2;4D,5D,7D2,8D2,9D,10D2;4D,5D,6D2,8D2,9D,10D2;4D,5D,8D2,9D,10D2. The third-order valence-corrected chi connectivity index (χ3v) is 27.2. The van der Waals surface area contributed by atoms with Crippen molar-refractivity contribution >= 4 is 115 Å². The quantitative estimate of drug-likeness (QED) is 0.00969. The number of thioether (sulfide) groups is 4. The lowest BCUT2D eigenvalue weighted by molar-refractivity contribution is -0.0629. The SMILES string of the molecule is [2H]c1c([2H])c([C@H]2[C@H](Nc3nc(SC([2H])([2H])CC)nc4c3nnn4[C@@H]3C[C@H](OC([2H])([2H])C([2H])([2H])O)[C@@H](O)[C@H]3O)C2([2H])[2H])c([2H])c(F)c1C.[2H]c1c([2H])c([C@H]2[C@H](Nc3nc(SC([2H])([2H])CC)nc4c3nnn4[C@@H]3C[C@H](OC([2H])([2H])CO)[C@@H](O)[C@H]3O)C2([2H])[2H])c([2H])c(F)c1C.[2H]c1c([2H])c([C@H]2[C@H](Nc3nc(SC([2H])([2H])CC)nc4c3nnn4[C@@H]3C[C@H](OCC([2H])([2H])O)[C@@H](O)[C@H]3O)C2([2H])[2H])c([2H])c(F)c1C.[2H]c1c([2H])c([C@H]2[C@H](Nc3nc(SC([2H])([2H])CC)nc4c3nnn4[C@@H]3C[C@H](OCCO)[C@@H](O)[C@H]3O)C2([2H])[2H])c([2H])c(F)c1C. The van der Waals surface area contributed by atoms with Gasteiger partial charge in [-0.3, -0.25) is 0 Å². The van der Waals surface area contributed by atoms with E-state index in [0.717, 1.165) is 9.36 Å². The van der Waals surface area contributed by atoms with Crippen LogP contribution in [0.4, 0.5) is 40.8 Å². The summed E-state index contributed by atoms with van der Waals surface area (Å²) in [7, 11) is 0. The summed E-state index contributed by atoms with van der Waals surface area (Å²) in [6.45, 7) is -2.50. The van der Waals surface area contributed by atoms with Crippen molar-refractivity contribution in [2.45, 2.75) is 298 Å². The Morgan fingerprint density at radius 1 is 0.354 bits per heavy atom. The maximum Gasteiger partial charge on any atom is 0.191 e. The molecule has 40 nitrogen and oxygen atoms in total. The van der Waals surface area contributed by atoms with E-state index in [1.807, 2.05) is 0 Å². The van der Waals surface area contributed by atoms with E-state index in [0.29, 0.717) is 47.0 Å². The van der Waals surface area contributed by atoms with Crippen LogP contribution in [-0.4, -0.2) is 334 Å². The molecular formula is C96H124F4N24O16S4. The first kappa shape index (κ1) is 68.9. The van der Waals surface area contributed by atoms with Crippen molar-refractivity contribution in [1.29, 1.82) is 0 Å². The van der Waals surface area contributed by atoms with E-state index in [9.17, 15) is 73.7 Å². The average Bonchev–Trinajstić information content (AvgIpc) is 1.55. The molecule has 776 valence electrons. The van der Waals surface area contributed by atoms with Crippen molar-refractivity contribution in [2.75, 3.05) is 96.8 Å². The number of hydrogen-bond donors (Lipinski definition) is 16. The summed E-state index contributed by atoms with van der Waals surface area (Å²) in [6.07, 6.45) is -25.6. The Labute approximate surface area is 894 Å². The molecular weight excluding hydrogens is 1950 g/mol. The van der Waals surface area contributed by atoms with Crippen molar-refractivity contribution in [3.8, 4) is 0 Å². The summed E-state index contributed by atoms with van der Waals surface area (Å²) >= 11 is 2.65. The van der Waals surface area contributed by atoms with Crippen LogP contribution in [0.15, 0.2) is 93.1 Å². The van der Waals surface area contributed by atoms with E-state index in [4.69, 9.17) is 73.4 Å². The summed E-state index contributed by atoms with van der Waals surface area (Å²) in [5.41, 5.74) is -9.47. The summed E-state index contributed by atoms with van der Waals surface area (Å²) < 4.78 is 377. The lowest BCUT2D eigenvalue weighted by Crippen LogP contribution is -2.33. The lowest BCUT2D eigenvalue weighted by Gasteiger charge is -2.17. The van der Waals surface area contributed by atoms with Crippen LogP contribution in [0.5, 0.6) is 0 Å². The number of benzene rings is 4. The molecule has 8 fully saturated rings. The number of nitrogens with one attached hydrogen (secondary N) is 4. The molecule has 4 aromatic carbocycles. The minimum Gasteiger partial charge on any atom is -0.394 e. The number of ether oxygens (including phenoxy) is 4. The Morgan fingerprint density at radius 2 is 0.611 bits per heavy atom. The van der Waals surface area contributed by atoms with Crippen molar-refractivity contribution in [3.05, 3.63) is 140 Å². The average molecular weight is 2110 g/mol. The Kier molecular flexibility index (Phi) is 22.6. The zero-order valence-corrected chi connectivity index (χ0v) is 80.7. The Morgan fingerprint density at radius 3 is 0.854 bits per heavy atom. The van der Waals surface area contributed by atoms with E-state index in [2.05, 4.69) is 102 Å². The normalized spacial score (nSPS) is 33.4. The molecule has 0 unspecified atom stereocenters. The van der Waals surface area contributed by atoms with Crippen molar-refractivity contribution in [2.24, 2.45) is 0 Å². The van der Waals surface area contributed by atoms with Crippen LogP contribution < -0.4 is 21.3 Å². The molecule has 0 spiro atoms. The van der Waals surface area contributed by atoms with E-state index < -0.39 is 329 Å². The summed E-state index contributed by atoms with van der Waals surface area (Å²) in [5, 5.41) is 167. The zero-order chi connectivity index (χ0) is 134. The second-order valence-electron chi connectivity index (χ2n) is 33.7. The van der Waals surface area contributed by atoms with Gasteiger partial charge in [-0.2, -0.15) is 0 Å². The molecule has 0 amide bonds. The molecule has 0 saturated heterocycles. The Hall–Kier alpha value is -9.52. The topological polar surface area (TPSA) is 554 Å². The number of anilines is 4. The first-order chi connectivity index (χ1) is 83.3. The highest BCUT2D eigenvalue weighted by Gasteiger charge is 2.51. The first-order valence-corrected chi connectivity index (χ1v) is 48.6. The Bertz CT molecular complexity index is 8300. The van der Waals surface area contributed by atoms with Gasteiger partial charge in [0, 0.05) is 118 Å². The fourth-order valence-corrected chi connectivity index (χ4v) is 18.5. The fraction of sp³-hybridized carbons (Fsp3) is 0.583. The number of hydrogen-bond acceptors (Lipinski definition) is 40. The number of fused-ring (bicyclic) bond motifs is 4. The van der Waals surface area contributed by atoms with Crippen molar-refractivity contribution < 1.29 is 147 Å². The summed E-state index contributed by atoms with van der Waals surface area (Å²) in [6, 6.07) is -15.3. The number of nitrogens with zero attached hydrogens (tertiary/aromatic N) is 20. The van der Waals surface area contributed by atoms with Gasteiger partial charge in [-0.05, 0) is 148 Å². The van der Waals surface area contributed by atoms with Crippen LogP contribution in [0.25, 0.3) is 44.7 Å². The van der Waals surface area contributed by atoms with Crippen LogP contribution in [0, 0.1) is 51.0 Å². The van der Waals surface area contributed by atoms with Gasteiger partial charge in [0.25, 0.3) is 0 Å². The molecule has 0 radical (unpaired) electrons. The molecule has 0 aliphatic heterocycles. The van der Waals surface area contributed by atoms with Crippen LogP contribution in [-0.2, 0) is 18.9 Å². The second kappa shape index (κ2) is 47.3. The molecule has 8 aliphatic carbocycles. The number of halogens is 4. The monoisotopic (exact) mass is 2110 g/mol. The maximum absolute atomic E-state index is 14.8. The molecule has 24 atom stereocenters. The predicted molar refractivity (Wildman–Crippen MR) is 530 cm³/mol. The van der Waals surface area contributed by atoms with Crippen molar-refractivity contribution in [1.82, 2.24) is 99.8 Å². The zero-order valence-electron chi connectivity index (χ0n) is 113. The largest absolute Gasteiger partial charge is 0.394 e. The fourth-order valence-electron chi connectivity index (χ4n) is 16.4. The predicted octanol–water partition coefficient (Wildman–Crippen LogP) is 8.73. The third kappa shape index (κ3) is 23.8. The van der Waals surface area contributed by atoms with Crippen LogP contribution in [0.1, 0.15) is 246 Å². The molecule has 12 aromatic rings. The molecule has 16 N–H and O–H groups in total. The highest BCUT2D eigenvalue weighted by atomic mass is 32.2. The smallest absolute Gasteiger partial charge is 0.191 e. The number of aromatic nitrogens is 20. The first-order valence-electron chi connectivity index (χ1n) is 63.4. The van der Waals surface area contributed by atoms with Gasteiger partial charge in [-0.15, -0.1) is 20.4 Å². The third-order valence-electron chi connectivity index (χ3n) is 24.0. The van der Waals surface area contributed by atoms with Gasteiger partial charge in [-0.25, -0.2) is 76.2 Å². The molecule has 0 bridgehead atoms. The number of aliphatic hydroxyl groups is 12. The van der Waals surface area contributed by atoms with Gasteiger partial charge in [0.2, 0.25) is 0 Å². The summed E-state index contributed by atoms with van der Waals surface area (Å²) in [4.78, 5) is 35.0. The van der Waals surface area contributed by atoms with Gasteiger partial charge in [-0.1, -0.05) is 144 Å². The number of rotatable bonds is 40. The van der Waals surface area contributed by atoms with Crippen molar-refractivity contribution in [3.63, 3.8) is 0 Å². The molecule has 8 aromatic heterocycles. The van der Waals surface area contributed by atoms with Crippen LogP contribution in [0.2, 0.25) is 0 Å². The number of aliphatic hydroxyl groups excluding tert-OH is 10. The van der Waals surface area contributed by atoms with Gasteiger partial charge >= 0.3 is 0 Å². The van der Waals surface area contributed by atoms with E-state index >= 15 is 0 Å². The van der Waals surface area contributed by atoms with Gasteiger partial charge in [0.05, 0.1) is 129 Å². The minimum absolute atomic E-state index is 0.0220.